The zero-order valence-corrected chi connectivity index (χ0v) is 11.1. The van der Waals surface area contributed by atoms with Crippen molar-refractivity contribution in [2.75, 3.05) is 5.32 Å². The minimum absolute atomic E-state index is 0.00794. The highest BCUT2D eigenvalue weighted by atomic mass is 16.6. The number of rotatable bonds is 5. The number of carboxylic acids is 1. The number of aliphatic carboxylic acids is 1. The average Bonchev–Trinajstić information content (AvgIpc) is 2.46. The Balaban J connectivity index is 2.22. The van der Waals surface area contributed by atoms with E-state index in [0.29, 0.717) is 5.56 Å². The van der Waals surface area contributed by atoms with Crippen molar-refractivity contribution in [3.05, 3.63) is 57.9 Å². The molecule has 108 valence electrons. The Hall–Kier alpha value is -3.03. The SMILES string of the molecule is Cc1ccc(C(Nc2ncc([N+](=O)[O-])cn2)C(=O)O)cc1. The summed E-state index contributed by atoms with van der Waals surface area (Å²) in [5.74, 6) is -1.09. The Morgan fingerprint density at radius 3 is 2.33 bits per heavy atom. The van der Waals surface area contributed by atoms with E-state index >= 15 is 0 Å². The van der Waals surface area contributed by atoms with E-state index in [4.69, 9.17) is 0 Å². The summed E-state index contributed by atoms with van der Waals surface area (Å²) in [5, 5.41) is 22.4. The topological polar surface area (TPSA) is 118 Å². The van der Waals surface area contributed by atoms with Crippen molar-refractivity contribution in [1.82, 2.24) is 9.97 Å². The number of nitrogens with zero attached hydrogens (tertiary/aromatic N) is 3. The second-order valence-electron chi connectivity index (χ2n) is 4.35. The Morgan fingerprint density at radius 2 is 1.86 bits per heavy atom. The number of benzene rings is 1. The molecule has 0 saturated heterocycles. The molecule has 0 amide bonds. The van der Waals surface area contributed by atoms with Crippen molar-refractivity contribution in [2.24, 2.45) is 0 Å². The number of aromatic nitrogens is 2. The second kappa shape index (κ2) is 5.95. The maximum Gasteiger partial charge on any atom is 0.330 e. The van der Waals surface area contributed by atoms with Crippen LogP contribution in [0.1, 0.15) is 17.2 Å². The highest BCUT2D eigenvalue weighted by molar-refractivity contribution is 5.78. The van der Waals surface area contributed by atoms with Gasteiger partial charge < -0.3 is 10.4 Å². The van der Waals surface area contributed by atoms with Gasteiger partial charge in [0.25, 0.3) is 0 Å². The van der Waals surface area contributed by atoms with Crippen LogP contribution in [0.5, 0.6) is 0 Å². The van der Waals surface area contributed by atoms with Gasteiger partial charge in [-0.25, -0.2) is 14.8 Å². The van der Waals surface area contributed by atoms with Crippen molar-refractivity contribution in [3.63, 3.8) is 0 Å². The minimum atomic E-state index is -1.10. The molecule has 1 heterocycles. The monoisotopic (exact) mass is 288 g/mol. The third-order valence-corrected chi connectivity index (χ3v) is 2.78. The normalized spacial score (nSPS) is 11.7. The van der Waals surface area contributed by atoms with Gasteiger partial charge in [-0.3, -0.25) is 10.1 Å². The Morgan fingerprint density at radius 1 is 1.29 bits per heavy atom. The molecule has 2 N–H and O–H groups in total. The van der Waals surface area contributed by atoms with Crippen LogP contribution in [-0.2, 0) is 4.79 Å². The molecule has 1 atom stereocenters. The summed E-state index contributed by atoms with van der Waals surface area (Å²) in [6, 6.07) is 5.93. The van der Waals surface area contributed by atoms with Gasteiger partial charge in [0, 0.05) is 0 Å². The van der Waals surface area contributed by atoms with Crippen LogP contribution < -0.4 is 5.32 Å². The molecule has 2 aromatic rings. The van der Waals surface area contributed by atoms with Crippen LogP contribution in [0.3, 0.4) is 0 Å². The third-order valence-electron chi connectivity index (χ3n) is 2.78. The van der Waals surface area contributed by atoms with Crippen molar-refractivity contribution in [3.8, 4) is 0 Å². The number of nitrogens with one attached hydrogen (secondary N) is 1. The van der Waals surface area contributed by atoms with Crippen LogP contribution in [0, 0.1) is 17.0 Å². The lowest BCUT2D eigenvalue weighted by molar-refractivity contribution is -0.385. The molecular formula is C13H12N4O4. The van der Waals surface area contributed by atoms with Gasteiger partial charge >= 0.3 is 11.7 Å². The minimum Gasteiger partial charge on any atom is -0.479 e. The molecule has 1 unspecified atom stereocenters. The van der Waals surface area contributed by atoms with Crippen LogP contribution in [0.25, 0.3) is 0 Å². The quantitative estimate of drug-likeness (QED) is 0.637. The molecular weight excluding hydrogens is 276 g/mol. The van der Waals surface area contributed by atoms with E-state index in [2.05, 4.69) is 15.3 Å². The van der Waals surface area contributed by atoms with Crippen LogP contribution in [0.15, 0.2) is 36.7 Å². The summed E-state index contributed by atoms with van der Waals surface area (Å²) in [6.07, 6.45) is 2.03. The van der Waals surface area contributed by atoms with E-state index in [1.54, 1.807) is 24.3 Å². The van der Waals surface area contributed by atoms with Crippen LogP contribution in [0.4, 0.5) is 11.6 Å². The molecule has 0 aliphatic rings. The van der Waals surface area contributed by atoms with E-state index in [9.17, 15) is 20.0 Å². The zero-order chi connectivity index (χ0) is 15.4. The molecule has 0 bridgehead atoms. The summed E-state index contributed by atoms with van der Waals surface area (Å²) in [6.45, 7) is 1.90. The van der Waals surface area contributed by atoms with E-state index in [0.717, 1.165) is 18.0 Å². The molecule has 0 aliphatic carbocycles. The molecule has 0 spiro atoms. The van der Waals surface area contributed by atoms with Crippen molar-refractivity contribution in [1.29, 1.82) is 0 Å². The van der Waals surface area contributed by atoms with Gasteiger partial charge in [0.05, 0.1) is 4.92 Å². The van der Waals surface area contributed by atoms with Gasteiger partial charge in [-0.2, -0.15) is 0 Å². The fraction of sp³-hybridized carbons (Fsp3) is 0.154. The molecule has 1 aromatic carbocycles. The van der Waals surface area contributed by atoms with Crippen molar-refractivity contribution in [2.45, 2.75) is 13.0 Å². The first kappa shape index (κ1) is 14.4. The Bertz CT molecular complexity index is 655. The fourth-order valence-electron chi connectivity index (χ4n) is 1.67. The number of anilines is 1. The van der Waals surface area contributed by atoms with Crippen molar-refractivity contribution < 1.29 is 14.8 Å². The lowest BCUT2D eigenvalue weighted by Crippen LogP contribution is -2.21. The van der Waals surface area contributed by atoms with Gasteiger partial charge in [-0.15, -0.1) is 0 Å². The number of hydrogen-bond donors (Lipinski definition) is 2. The van der Waals surface area contributed by atoms with Crippen molar-refractivity contribution >= 4 is 17.6 Å². The van der Waals surface area contributed by atoms with Crippen LogP contribution in [-0.4, -0.2) is 26.0 Å². The Labute approximate surface area is 119 Å². The first-order valence-corrected chi connectivity index (χ1v) is 5.99. The first-order valence-electron chi connectivity index (χ1n) is 5.99. The molecule has 8 heteroatoms. The molecule has 0 saturated carbocycles. The van der Waals surface area contributed by atoms with Crippen LogP contribution in [0.2, 0.25) is 0 Å². The van der Waals surface area contributed by atoms with E-state index in [1.165, 1.54) is 0 Å². The molecule has 8 nitrogen and oxygen atoms in total. The van der Waals surface area contributed by atoms with Gasteiger partial charge in [-0.1, -0.05) is 29.8 Å². The van der Waals surface area contributed by atoms with E-state index in [-0.39, 0.29) is 11.6 Å². The lowest BCUT2D eigenvalue weighted by Gasteiger charge is -2.14. The highest BCUT2D eigenvalue weighted by Gasteiger charge is 2.21. The number of hydrogen-bond acceptors (Lipinski definition) is 6. The summed E-state index contributed by atoms with van der Waals surface area (Å²) < 4.78 is 0. The number of nitro groups is 1. The highest BCUT2D eigenvalue weighted by Crippen LogP contribution is 2.19. The summed E-state index contributed by atoms with van der Waals surface area (Å²) in [4.78, 5) is 28.7. The molecule has 21 heavy (non-hydrogen) atoms. The molecule has 0 radical (unpaired) electrons. The molecule has 0 aliphatic heterocycles. The summed E-state index contributed by atoms with van der Waals surface area (Å²) >= 11 is 0. The molecule has 0 fully saturated rings. The summed E-state index contributed by atoms with van der Waals surface area (Å²) in [7, 11) is 0. The largest absolute Gasteiger partial charge is 0.479 e. The van der Waals surface area contributed by atoms with E-state index in [1.807, 2.05) is 6.92 Å². The predicted molar refractivity (Wildman–Crippen MR) is 73.9 cm³/mol. The smallest absolute Gasteiger partial charge is 0.330 e. The zero-order valence-electron chi connectivity index (χ0n) is 11.1. The van der Waals surface area contributed by atoms with E-state index < -0.39 is 16.9 Å². The van der Waals surface area contributed by atoms with Crippen LogP contribution >= 0.6 is 0 Å². The lowest BCUT2D eigenvalue weighted by atomic mass is 10.1. The third kappa shape index (κ3) is 3.50. The first-order chi connectivity index (χ1) is 9.97. The number of aryl methyl sites for hydroxylation is 1. The summed E-state index contributed by atoms with van der Waals surface area (Å²) in [5.41, 5.74) is 1.28. The fourth-order valence-corrected chi connectivity index (χ4v) is 1.67. The number of carbonyl (C=O) groups is 1. The van der Waals surface area contributed by atoms with Gasteiger partial charge in [0.2, 0.25) is 5.95 Å². The van der Waals surface area contributed by atoms with Gasteiger partial charge in [0.1, 0.15) is 12.4 Å². The molecule has 1 aromatic heterocycles. The predicted octanol–water partition coefficient (Wildman–Crippen LogP) is 1.93. The van der Waals surface area contributed by atoms with Gasteiger partial charge in [0.15, 0.2) is 6.04 Å². The maximum atomic E-state index is 11.3. The second-order valence-corrected chi connectivity index (χ2v) is 4.35. The molecule has 2 rings (SSSR count). The standard InChI is InChI=1S/C13H12N4O4/c1-8-2-4-9(5-3-8)11(12(18)19)16-13-14-6-10(7-15-13)17(20)21/h2-7,11H,1H3,(H,18,19)(H,14,15,16). The number of carboxylic acid groups (broad SMARTS) is 1. The average molecular weight is 288 g/mol. The van der Waals surface area contributed by atoms with Gasteiger partial charge in [-0.05, 0) is 12.5 Å². The maximum absolute atomic E-state index is 11.3. The Kier molecular flexibility index (Phi) is 4.07.